The van der Waals surface area contributed by atoms with Crippen LogP contribution in [-0.4, -0.2) is 23.1 Å². The van der Waals surface area contributed by atoms with Crippen molar-refractivity contribution in [3.63, 3.8) is 0 Å². The molecule has 4 nitrogen and oxygen atoms in total. The Morgan fingerprint density at radius 1 is 0.452 bits per heavy atom. The van der Waals surface area contributed by atoms with Crippen molar-refractivity contribution in [1.82, 2.24) is 0 Å². The van der Waals surface area contributed by atoms with Gasteiger partial charge in [-0.2, -0.15) is 0 Å². The highest BCUT2D eigenvalue weighted by Gasteiger charge is 2.50. The fourth-order valence-electron chi connectivity index (χ4n) is 6.97. The Morgan fingerprint density at radius 3 is 1.21 bits per heavy atom. The van der Waals surface area contributed by atoms with Gasteiger partial charge in [0, 0.05) is 31.6 Å². The molecule has 0 amide bonds. The number of carbonyl (C=O) groups excluding carboxylic acids is 4. The van der Waals surface area contributed by atoms with E-state index in [9.17, 15) is 19.2 Å². The second kappa shape index (κ2) is 12.2. The van der Waals surface area contributed by atoms with Crippen molar-refractivity contribution in [3.05, 3.63) is 143 Å². The molecule has 0 saturated heterocycles. The van der Waals surface area contributed by atoms with Crippen LogP contribution in [0.1, 0.15) is 71.3 Å². The summed E-state index contributed by atoms with van der Waals surface area (Å²) in [5.41, 5.74) is 4.90. The molecule has 42 heavy (non-hydrogen) atoms. The summed E-state index contributed by atoms with van der Waals surface area (Å²) in [7, 11) is 0. The van der Waals surface area contributed by atoms with E-state index in [1.807, 2.05) is 103 Å². The summed E-state index contributed by atoms with van der Waals surface area (Å²) in [4.78, 5) is 55.2. The standard InChI is InChI=1S/C38H34O4/c39-32-21-30(27-12-6-2-7-13-27)22-33(40)37(32)36(29-18-16-26(17-19-29)20-25-10-4-1-5-11-25)38-34(41)23-31(24-35(38)42)28-14-8-3-9-15-28/h1-19,30-31,36-38H,20-24H2. The molecule has 0 aromatic heterocycles. The summed E-state index contributed by atoms with van der Waals surface area (Å²) in [5.74, 6) is -3.87. The van der Waals surface area contributed by atoms with Gasteiger partial charge < -0.3 is 0 Å². The van der Waals surface area contributed by atoms with Gasteiger partial charge in [0.2, 0.25) is 0 Å². The van der Waals surface area contributed by atoms with Gasteiger partial charge in [-0.25, -0.2) is 0 Å². The predicted octanol–water partition coefficient (Wildman–Crippen LogP) is 7.03. The van der Waals surface area contributed by atoms with Gasteiger partial charge in [-0.3, -0.25) is 19.2 Å². The van der Waals surface area contributed by atoms with Crippen molar-refractivity contribution in [2.75, 3.05) is 0 Å². The minimum atomic E-state index is -1.00. The monoisotopic (exact) mass is 554 g/mol. The number of ketones is 4. The normalized spacial score (nSPS) is 23.5. The second-order valence-corrected chi connectivity index (χ2v) is 11.8. The second-order valence-electron chi connectivity index (χ2n) is 11.8. The molecule has 0 atom stereocenters. The van der Waals surface area contributed by atoms with Crippen molar-refractivity contribution < 1.29 is 19.2 Å². The summed E-state index contributed by atoms with van der Waals surface area (Å²) >= 11 is 0. The van der Waals surface area contributed by atoms with Gasteiger partial charge in [-0.1, -0.05) is 115 Å². The van der Waals surface area contributed by atoms with Crippen molar-refractivity contribution in [2.24, 2.45) is 11.8 Å². The maximum atomic E-state index is 13.8. The van der Waals surface area contributed by atoms with E-state index in [0.717, 1.165) is 23.1 Å². The maximum Gasteiger partial charge on any atom is 0.144 e. The summed E-state index contributed by atoms with van der Waals surface area (Å²) in [6.07, 6.45) is 1.65. The van der Waals surface area contributed by atoms with E-state index in [-0.39, 0.29) is 60.7 Å². The summed E-state index contributed by atoms with van der Waals surface area (Å²) in [6, 6.07) is 37.2. The largest absolute Gasteiger partial charge is 0.299 e. The number of hydrogen-bond acceptors (Lipinski definition) is 4. The highest BCUT2D eigenvalue weighted by atomic mass is 16.2. The Morgan fingerprint density at radius 2 is 0.810 bits per heavy atom. The lowest BCUT2D eigenvalue weighted by atomic mass is 9.62. The molecule has 2 fully saturated rings. The zero-order valence-corrected chi connectivity index (χ0v) is 23.5. The molecule has 4 aromatic rings. The van der Waals surface area contributed by atoms with E-state index in [0.29, 0.717) is 5.56 Å². The topological polar surface area (TPSA) is 68.3 Å². The quantitative estimate of drug-likeness (QED) is 0.230. The zero-order chi connectivity index (χ0) is 29.1. The van der Waals surface area contributed by atoms with Crippen LogP contribution in [0.15, 0.2) is 115 Å². The van der Waals surface area contributed by atoms with Gasteiger partial charge in [-0.05, 0) is 46.1 Å². The van der Waals surface area contributed by atoms with E-state index in [1.54, 1.807) is 0 Å². The molecule has 0 aliphatic heterocycles. The van der Waals surface area contributed by atoms with E-state index < -0.39 is 17.8 Å². The van der Waals surface area contributed by atoms with Gasteiger partial charge in [-0.15, -0.1) is 0 Å². The molecule has 2 saturated carbocycles. The van der Waals surface area contributed by atoms with E-state index >= 15 is 0 Å². The highest BCUT2D eigenvalue weighted by molar-refractivity contribution is 6.11. The zero-order valence-electron chi connectivity index (χ0n) is 23.5. The summed E-state index contributed by atoms with van der Waals surface area (Å²) < 4.78 is 0. The predicted molar refractivity (Wildman–Crippen MR) is 162 cm³/mol. The van der Waals surface area contributed by atoms with Crippen LogP contribution in [0.25, 0.3) is 0 Å². The molecule has 0 radical (unpaired) electrons. The minimum absolute atomic E-state index is 0.177. The molecule has 0 unspecified atom stereocenters. The third-order valence-electron chi connectivity index (χ3n) is 9.05. The number of carbonyl (C=O) groups is 4. The average Bonchev–Trinajstić information content (AvgIpc) is 3.01. The highest BCUT2D eigenvalue weighted by Crippen LogP contribution is 2.45. The van der Waals surface area contributed by atoms with Crippen LogP contribution < -0.4 is 0 Å². The van der Waals surface area contributed by atoms with E-state index in [1.165, 1.54) is 5.56 Å². The third-order valence-corrected chi connectivity index (χ3v) is 9.05. The smallest absolute Gasteiger partial charge is 0.144 e. The molecule has 6 rings (SSSR count). The van der Waals surface area contributed by atoms with Crippen molar-refractivity contribution in [1.29, 1.82) is 0 Å². The van der Waals surface area contributed by atoms with Crippen molar-refractivity contribution in [2.45, 2.75) is 49.9 Å². The van der Waals surface area contributed by atoms with E-state index in [4.69, 9.17) is 0 Å². The van der Waals surface area contributed by atoms with Crippen LogP contribution in [0.5, 0.6) is 0 Å². The number of Topliss-reactive ketones (excluding diaryl/α,β-unsaturated/α-hetero) is 4. The molecule has 0 spiro atoms. The lowest BCUT2D eigenvalue weighted by molar-refractivity contribution is -0.142. The fourth-order valence-corrected chi connectivity index (χ4v) is 6.97. The minimum Gasteiger partial charge on any atom is -0.299 e. The molecule has 2 aliphatic rings. The number of rotatable bonds is 7. The SMILES string of the molecule is O=C1CC(c2ccccc2)CC(=O)C1C(c1ccc(Cc2ccccc2)cc1)C1C(=O)CC(c2ccccc2)CC1=O. The van der Waals surface area contributed by atoms with Gasteiger partial charge in [0.05, 0.1) is 11.8 Å². The molecular weight excluding hydrogens is 520 g/mol. The Hall–Kier alpha value is -4.44. The van der Waals surface area contributed by atoms with Gasteiger partial charge in [0.1, 0.15) is 23.1 Å². The molecular formula is C38H34O4. The number of benzene rings is 4. The van der Waals surface area contributed by atoms with Crippen LogP contribution in [0.3, 0.4) is 0 Å². The Labute approximate surface area is 246 Å². The Balaban J connectivity index is 1.32. The molecule has 0 heterocycles. The fraction of sp³-hybridized carbons (Fsp3) is 0.263. The number of hydrogen-bond donors (Lipinski definition) is 0. The molecule has 4 heteroatoms. The summed E-state index contributed by atoms with van der Waals surface area (Å²) in [6.45, 7) is 0. The first kappa shape index (κ1) is 27.7. The first-order valence-electron chi connectivity index (χ1n) is 14.8. The Bertz CT molecular complexity index is 1460. The molecule has 210 valence electrons. The van der Waals surface area contributed by atoms with Gasteiger partial charge >= 0.3 is 0 Å². The van der Waals surface area contributed by atoms with Crippen molar-refractivity contribution in [3.8, 4) is 0 Å². The van der Waals surface area contributed by atoms with E-state index in [2.05, 4.69) is 12.1 Å². The molecule has 4 aromatic carbocycles. The lowest BCUT2D eigenvalue weighted by Crippen LogP contribution is -2.45. The van der Waals surface area contributed by atoms with Gasteiger partial charge in [0.15, 0.2) is 0 Å². The Kier molecular flexibility index (Phi) is 8.05. The first-order valence-corrected chi connectivity index (χ1v) is 14.8. The van der Waals surface area contributed by atoms with Crippen LogP contribution in [-0.2, 0) is 25.6 Å². The van der Waals surface area contributed by atoms with Crippen molar-refractivity contribution >= 4 is 23.1 Å². The molecule has 0 bridgehead atoms. The summed E-state index contributed by atoms with van der Waals surface area (Å²) in [5, 5.41) is 0. The maximum absolute atomic E-state index is 13.8. The lowest BCUT2D eigenvalue weighted by Gasteiger charge is -2.38. The van der Waals surface area contributed by atoms with Crippen LogP contribution in [0.2, 0.25) is 0 Å². The van der Waals surface area contributed by atoms with Crippen LogP contribution in [0.4, 0.5) is 0 Å². The average molecular weight is 555 g/mol. The molecule has 0 N–H and O–H groups in total. The van der Waals surface area contributed by atoms with Crippen LogP contribution in [0, 0.1) is 11.8 Å². The first-order chi connectivity index (χ1) is 20.5. The van der Waals surface area contributed by atoms with Gasteiger partial charge in [0.25, 0.3) is 0 Å². The van der Waals surface area contributed by atoms with Crippen LogP contribution >= 0.6 is 0 Å². The molecule has 2 aliphatic carbocycles. The third kappa shape index (κ3) is 5.80.